The SMILES string of the molecule is C=C/C(=C\C=C/C)c1ccc2nc(-c3cccnc3)nc(NC)c2c1. The molecule has 0 aliphatic heterocycles. The van der Waals surface area contributed by atoms with Gasteiger partial charge >= 0.3 is 0 Å². The van der Waals surface area contributed by atoms with Gasteiger partial charge in [0.2, 0.25) is 0 Å². The molecule has 124 valence electrons. The van der Waals surface area contributed by atoms with E-state index in [4.69, 9.17) is 4.98 Å². The second kappa shape index (κ2) is 7.53. The molecule has 25 heavy (non-hydrogen) atoms. The predicted octanol–water partition coefficient (Wildman–Crippen LogP) is 4.88. The van der Waals surface area contributed by atoms with E-state index in [1.165, 1.54) is 0 Å². The molecule has 1 N–H and O–H groups in total. The van der Waals surface area contributed by atoms with Crippen molar-refractivity contribution in [3.05, 3.63) is 79.2 Å². The minimum Gasteiger partial charge on any atom is -0.373 e. The Morgan fingerprint density at radius 2 is 2.08 bits per heavy atom. The first kappa shape index (κ1) is 16.6. The molecule has 0 fully saturated rings. The van der Waals surface area contributed by atoms with E-state index < -0.39 is 0 Å². The molecule has 0 spiro atoms. The topological polar surface area (TPSA) is 50.7 Å². The molecule has 0 saturated carbocycles. The van der Waals surface area contributed by atoms with Crippen molar-refractivity contribution >= 4 is 22.3 Å². The van der Waals surface area contributed by atoms with Crippen LogP contribution >= 0.6 is 0 Å². The van der Waals surface area contributed by atoms with E-state index in [0.29, 0.717) is 5.82 Å². The average molecular weight is 328 g/mol. The molecule has 2 aromatic heterocycles. The summed E-state index contributed by atoms with van der Waals surface area (Å²) in [5.74, 6) is 1.45. The van der Waals surface area contributed by atoms with E-state index in [1.54, 1.807) is 12.4 Å². The minimum absolute atomic E-state index is 0.658. The van der Waals surface area contributed by atoms with E-state index in [2.05, 4.69) is 34.0 Å². The monoisotopic (exact) mass is 328 g/mol. The molecule has 0 atom stereocenters. The molecule has 4 heteroatoms. The maximum absolute atomic E-state index is 4.69. The average Bonchev–Trinajstić information content (AvgIpc) is 2.68. The summed E-state index contributed by atoms with van der Waals surface area (Å²) in [7, 11) is 1.87. The lowest BCUT2D eigenvalue weighted by molar-refractivity contribution is 1.20. The first-order valence-corrected chi connectivity index (χ1v) is 8.12. The van der Waals surface area contributed by atoms with Crippen molar-refractivity contribution in [1.82, 2.24) is 15.0 Å². The van der Waals surface area contributed by atoms with E-state index >= 15 is 0 Å². The van der Waals surface area contributed by atoms with Crippen LogP contribution in [0.2, 0.25) is 0 Å². The molecule has 0 radical (unpaired) electrons. The maximum atomic E-state index is 4.69. The molecule has 0 saturated heterocycles. The number of anilines is 1. The third-order valence-corrected chi connectivity index (χ3v) is 3.87. The fraction of sp³-hybridized carbons (Fsp3) is 0.0952. The summed E-state index contributed by atoms with van der Waals surface area (Å²) in [5.41, 5.74) is 3.91. The minimum atomic E-state index is 0.658. The summed E-state index contributed by atoms with van der Waals surface area (Å²) in [6.45, 7) is 5.90. The smallest absolute Gasteiger partial charge is 0.163 e. The molecule has 0 bridgehead atoms. The van der Waals surface area contributed by atoms with Crippen LogP contribution in [-0.4, -0.2) is 22.0 Å². The Labute approximate surface area is 147 Å². The number of allylic oxidation sites excluding steroid dienone is 5. The van der Waals surface area contributed by atoms with Gasteiger partial charge in [-0.3, -0.25) is 4.98 Å². The van der Waals surface area contributed by atoms with Gasteiger partial charge in [-0.1, -0.05) is 36.9 Å². The van der Waals surface area contributed by atoms with Crippen molar-refractivity contribution in [1.29, 1.82) is 0 Å². The Hall–Kier alpha value is -3.27. The van der Waals surface area contributed by atoms with Crippen LogP contribution < -0.4 is 5.32 Å². The highest BCUT2D eigenvalue weighted by Crippen LogP contribution is 2.28. The van der Waals surface area contributed by atoms with E-state index in [0.717, 1.165) is 33.4 Å². The molecule has 0 aliphatic rings. The zero-order chi connectivity index (χ0) is 17.6. The van der Waals surface area contributed by atoms with Gasteiger partial charge in [0.25, 0.3) is 0 Å². The van der Waals surface area contributed by atoms with Crippen molar-refractivity contribution in [2.75, 3.05) is 12.4 Å². The normalized spacial score (nSPS) is 11.8. The molecule has 4 nitrogen and oxygen atoms in total. The lowest BCUT2D eigenvalue weighted by Gasteiger charge is -2.10. The van der Waals surface area contributed by atoms with Gasteiger partial charge in [0, 0.05) is 30.4 Å². The Morgan fingerprint density at radius 1 is 1.20 bits per heavy atom. The number of hydrogen-bond donors (Lipinski definition) is 1. The summed E-state index contributed by atoms with van der Waals surface area (Å²) in [5, 5.41) is 4.15. The Morgan fingerprint density at radius 3 is 2.76 bits per heavy atom. The van der Waals surface area contributed by atoms with Gasteiger partial charge in [-0.25, -0.2) is 9.97 Å². The van der Waals surface area contributed by atoms with Gasteiger partial charge < -0.3 is 5.32 Å². The summed E-state index contributed by atoms with van der Waals surface area (Å²) in [6.07, 6.45) is 11.4. The van der Waals surface area contributed by atoms with Crippen molar-refractivity contribution in [2.24, 2.45) is 0 Å². The highest BCUT2D eigenvalue weighted by atomic mass is 15.0. The Kier molecular flexibility index (Phi) is 5.00. The largest absolute Gasteiger partial charge is 0.373 e. The maximum Gasteiger partial charge on any atom is 0.163 e. The van der Waals surface area contributed by atoms with Crippen LogP contribution in [0.15, 0.2) is 73.6 Å². The van der Waals surface area contributed by atoms with E-state index in [-0.39, 0.29) is 0 Å². The number of pyridine rings is 1. The molecular weight excluding hydrogens is 308 g/mol. The summed E-state index contributed by atoms with van der Waals surface area (Å²) in [4.78, 5) is 13.5. The fourth-order valence-electron chi connectivity index (χ4n) is 2.60. The van der Waals surface area contributed by atoms with Gasteiger partial charge in [0.15, 0.2) is 5.82 Å². The second-order valence-corrected chi connectivity index (χ2v) is 5.47. The van der Waals surface area contributed by atoms with Crippen LogP contribution in [0.3, 0.4) is 0 Å². The standard InChI is InChI=1S/C21H20N4/c1-4-6-8-15(5-2)16-10-11-19-18(13-16)21(22-3)25-20(24-19)17-9-7-12-23-14-17/h4-14H,2H2,1,3H3,(H,22,24,25)/b6-4-,15-8+. The number of benzene rings is 1. The fourth-order valence-corrected chi connectivity index (χ4v) is 2.60. The van der Waals surface area contributed by atoms with Crippen LogP contribution in [0.25, 0.3) is 27.9 Å². The third kappa shape index (κ3) is 3.48. The number of aromatic nitrogens is 3. The highest BCUT2D eigenvalue weighted by Gasteiger charge is 2.10. The number of hydrogen-bond acceptors (Lipinski definition) is 4. The third-order valence-electron chi connectivity index (χ3n) is 3.87. The molecule has 0 amide bonds. The van der Waals surface area contributed by atoms with Crippen molar-refractivity contribution in [3.8, 4) is 11.4 Å². The van der Waals surface area contributed by atoms with Gasteiger partial charge in [-0.15, -0.1) is 0 Å². The number of nitrogens with zero attached hydrogens (tertiary/aromatic N) is 3. The van der Waals surface area contributed by atoms with Crippen LogP contribution in [0.1, 0.15) is 12.5 Å². The summed E-state index contributed by atoms with van der Waals surface area (Å²) >= 11 is 0. The summed E-state index contributed by atoms with van der Waals surface area (Å²) in [6, 6.07) is 10.00. The first-order valence-electron chi connectivity index (χ1n) is 8.12. The van der Waals surface area contributed by atoms with E-state index in [1.807, 2.05) is 56.5 Å². The molecule has 3 rings (SSSR count). The number of nitrogens with one attached hydrogen (secondary N) is 1. The van der Waals surface area contributed by atoms with Crippen LogP contribution in [0.4, 0.5) is 5.82 Å². The molecule has 3 aromatic rings. The second-order valence-electron chi connectivity index (χ2n) is 5.47. The Bertz CT molecular complexity index is 956. The lowest BCUT2D eigenvalue weighted by Crippen LogP contribution is -1.99. The van der Waals surface area contributed by atoms with Crippen molar-refractivity contribution in [2.45, 2.75) is 6.92 Å². The molecule has 0 unspecified atom stereocenters. The molecule has 2 heterocycles. The van der Waals surface area contributed by atoms with E-state index in [9.17, 15) is 0 Å². The molecule has 1 aromatic carbocycles. The van der Waals surface area contributed by atoms with Crippen LogP contribution in [-0.2, 0) is 0 Å². The quantitative estimate of drug-likeness (QED) is 0.678. The van der Waals surface area contributed by atoms with Crippen LogP contribution in [0.5, 0.6) is 0 Å². The van der Waals surface area contributed by atoms with Gasteiger partial charge in [0.1, 0.15) is 5.82 Å². The molecular formula is C21H20N4. The molecule has 0 aliphatic carbocycles. The van der Waals surface area contributed by atoms with Crippen molar-refractivity contribution < 1.29 is 0 Å². The highest BCUT2D eigenvalue weighted by molar-refractivity contribution is 5.93. The van der Waals surface area contributed by atoms with Gasteiger partial charge in [-0.05, 0) is 42.3 Å². The van der Waals surface area contributed by atoms with Crippen LogP contribution in [0, 0.1) is 0 Å². The summed E-state index contributed by atoms with van der Waals surface area (Å²) < 4.78 is 0. The predicted molar refractivity (Wildman–Crippen MR) is 105 cm³/mol. The first-order chi connectivity index (χ1) is 12.3. The zero-order valence-electron chi connectivity index (χ0n) is 14.4. The lowest BCUT2D eigenvalue weighted by atomic mass is 10.0. The van der Waals surface area contributed by atoms with Gasteiger partial charge in [-0.2, -0.15) is 0 Å². The van der Waals surface area contributed by atoms with Gasteiger partial charge in [0.05, 0.1) is 5.52 Å². The number of rotatable bonds is 5. The zero-order valence-corrected chi connectivity index (χ0v) is 14.4. The number of fused-ring (bicyclic) bond motifs is 1. The van der Waals surface area contributed by atoms with Crippen molar-refractivity contribution in [3.63, 3.8) is 0 Å². The Balaban J connectivity index is 2.16.